The number of allylic oxidation sites excluding steroid dienone is 1. The molecule has 0 saturated carbocycles. The van der Waals surface area contributed by atoms with Gasteiger partial charge in [0, 0.05) is 0 Å². The number of rotatable bonds is 1. The Balaban J connectivity index is 3.43. The number of hydrogen-bond acceptors (Lipinski definition) is 2. The molecule has 0 unspecified atom stereocenters. The molecule has 0 atom stereocenters. The van der Waals surface area contributed by atoms with E-state index in [0.29, 0.717) is 11.1 Å². The van der Waals surface area contributed by atoms with E-state index in [1.807, 2.05) is 0 Å². The van der Waals surface area contributed by atoms with E-state index in [1.165, 1.54) is 6.07 Å². The first-order chi connectivity index (χ1) is 6.07. The number of aromatic hydroxyl groups is 2. The number of phenolic OH excluding ortho intramolecular Hbond substituents is 2. The quantitative estimate of drug-likeness (QED) is 0.728. The molecule has 0 saturated heterocycles. The summed E-state index contributed by atoms with van der Waals surface area (Å²) in [4.78, 5) is 0. The zero-order valence-corrected chi connectivity index (χ0v) is 8.26. The van der Waals surface area contributed by atoms with Crippen LogP contribution in [0.2, 0.25) is 5.02 Å². The Morgan fingerprint density at radius 3 is 2.54 bits per heavy atom. The fourth-order valence-corrected chi connectivity index (χ4v) is 1.26. The van der Waals surface area contributed by atoms with Gasteiger partial charge in [-0.1, -0.05) is 23.8 Å². The Morgan fingerprint density at radius 1 is 1.38 bits per heavy atom. The highest BCUT2D eigenvalue weighted by Crippen LogP contribution is 2.37. The Bertz CT molecular complexity index is 356. The van der Waals surface area contributed by atoms with Gasteiger partial charge in [0.2, 0.25) is 0 Å². The van der Waals surface area contributed by atoms with Gasteiger partial charge in [-0.15, -0.1) is 0 Å². The third-order valence-electron chi connectivity index (χ3n) is 1.77. The lowest BCUT2D eigenvalue weighted by atomic mass is 10.1. The summed E-state index contributed by atoms with van der Waals surface area (Å²) < 4.78 is 0. The van der Waals surface area contributed by atoms with Crippen molar-refractivity contribution in [1.29, 1.82) is 0 Å². The van der Waals surface area contributed by atoms with Crippen molar-refractivity contribution in [1.82, 2.24) is 0 Å². The Labute approximate surface area is 82.1 Å². The standard InChI is InChI=1S/C10H11ClO2/c1-3-4-7-8(12)5-6(2)9(11)10(7)13/h3-5,12-13H,1-2H3. The van der Waals surface area contributed by atoms with Crippen LogP contribution in [0, 0.1) is 6.92 Å². The molecule has 1 aromatic carbocycles. The second-order valence-corrected chi connectivity index (χ2v) is 3.17. The lowest BCUT2D eigenvalue weighted by Gasteiger charge is -2.07. The molecule has 2 N–H and O–H groups in total. The summed E-state index contributed by atoms with van der Waals surface area (Å²) in [5.41, 5.74) is 1.02. The number of phenols is 2. The van der Waals surface area contributed by atoms with Crippen molar-refractivity contribution in [3.05, 3.63) is 28.3 Å². The van der Waals surface area contributed by atoms with Crippen LogP contribution in [0.3, 0.4) is 0 Å². The van der Waals surface area contributed by atoms with Crippen molar-refractivity contribution in [2.45, 2.75) is 13.8 Å². The molecule has 1 rings (SSSR count). The summed E-state index contributed by atoms with van der Waals surface area (Å²) in [6.07, 6.45) is 3.33. The molecule has 0 aliphatic heterocycles. The topological polar surface area (TPSA) is 40.5 Å². The Hall–Kier alpha value is -1.15. The maximum absolute atomic E-state index is 9.55. The van der Waals surface area contributed by atoms with E-state index >= 15 is 0 Å². The molecule has 0 aromatic heterocycles. The van der Waals surface area contributed by atoms with Crippen molar-refractivity contribution in [3.8, 4) is 11.5 Å². The molecule has 0 heterocycles. The summed E-state index contributed by atoms with van der Waals surface area (Å²) in [7, 11) is 0. The highest BCUT2D eigenvalue weighted by atomic mass is 35.5. The predicted octanol–water partition coefficient (Wildman–Crippen LogP) is 3.09. The molecule has 0 aliphatic carbocycles. The smallest absolute Gasteiger partial charge is 0.145 e. The highest BCUT2D eigenvalue weighted by molar-refractivity contribution is 6.33. The first-order valence-electron chi connectivity index (χ1n) is 3.91. The molecule has 0 fully saturated rings. The van der Waals surface area contributed by atoms with Crippen LogP contribution >= 0.6 is 11.6 Å². The van der Waals surface area contributed by atoms with E-state index in [1.54, 1.807) is 26.0 Å². The maximum Gasteiger partial charge on any atom is 0.145 e. The molecular formula is C10H11ClO2. The largest absolute Gasteiger partial charge is 0.507 e. The van der Waals surface area contributed by atoms with Gasteiger partial charge in [-0.25, -0.2) is 0 Å². The van der Waals surface area contributed by atoms with Gasteiger partial charge in [0.1, 0.15) is 11.5 Å². The van der Waals surface area contributed by atoms with Crippen LogP contribution in [0.5, 0.6) is 11.5 Å². The van der Waals surface area contributed by atoms with Crippen LogP contribution in [0.4, 0.5) is 0 Å². The first-order valence-corrected chi connectivity index (χ1v) is 4.29. The van der Waals surface area contributed by atoms with E-state index < -0.39 is 0 Å². The number of halogens is 1. The van der Waals surface area contributed by atoms with E-state index in [0.717, 1.165) is 0 Å². The van der Waals surface area contributed by atoms with E-state index in [-0.39, 0.29) is 16.5 Å². The van der Waals surface area contributed by atoms with Crippen LogP contribution in [-0.4, -0.2) is 10.2 Å². The van der Waals surface area contributed by atoms with Gasteiger partial charge in [0.25, 0.3) is 0 Å². The van der Waals surface area contributed by atoms with Crippen molar-refractivity contribution < 1.29 is 10.2 Å². The van der Waals surface area contributed by atoms with Crippen LogP contribution in [0.25, 0.3) is 6.08 Å². The number of aryl methyl sites for hydroxylation is 1. The minimum absolute atomic E-state index is 0.0394. The molecule has 0 amide bonds. The molecule has 13 heavy (non-hydrogen) atoms. The lowest BCUT2D eigenvalue weighted by molar-refractivity contribution is 0.447. The van der Waals surface area contributed by atoms with Crippen LogP contribution in [0.1, 0.15) is 18.1 Å². The normalized spacial score (nSPS) is 11.0. The fraction of sp³-hybridized carbons (Fsp3) is 0.200. The Kier molecular flexibility index (Phi) is 2.83. The van der Waals surface area contributed by atoms with Gasteiger partial charge in [-0.2, -0.15) is 0 Å². The summed E-state index contributed by atoms with van der Waals surface area (Å²) in [6, 6.07) is 1.53. The van der Waals surface area contributed by atoms with E-state index in [4.69, 9.17) is 11.6 Å². The van der Waals surface area contributed by atoms with Crippen molar-refractivity contribution in [2.75, 3.05) is 0 Å². The van der Waals surface area contributed by atoms with Gasteiger partial charge in [-0.05, 0) is 25.5 Å². The second kappa shape index (κ2) is 3.71. The molecule has 2 nitrogen and oxygen atoms in total. The second-order valence-electron chi connectivity index (χ2n) is 2.79. The van der Waals surface area contributed by atoms with Crippen LogP contribution < -0.4 is 0 Å². The van der Waals surface area contributed by atoms with E-state index in [9.17, 15) is 10.2 Å². The number of benzene rings is 1. The third kappa shape index (κ3) is 1.78. The molecule has 0 bridgehead atoms. The molecule has 0 radical (unpaired) electrons. The minimum Gasteiger partial charge on any atom is -0.507 e. The maximum atomic E-state index is 9.55. The summed E-state index contributed by atoms with van der Waals surface area (Å²) in [6.45, 7) is 3.52. The molecular weight excluding hydrogens is 188 g/mol. The average Bonchev–Trinajstić information content (AvgIpc) is 2.09. The molecule has 1 aromatic rings. The van der Waals surface area contributed by atoms with Gasteiger partial charge >= 0.3 is 0 Å². The number of hydrogen-bond donors (Lipinski definition) is 2. The summed E-state index contributed by atoms with van der Waals surface area (Å²) in [5, 5.41) is 19.3. The predicted molar refractivity (Wildman–Crippen MR) is 54.2 cm³/mol. The van der Waals surface area contributed by atoms with Crippen molar-refractivity contribution in [2.24, 2.45) is 0 Å². The van der Waals surface area contributed by atoms with Gasteiger partial charge in [-0.3, -0.25) is 0 Å². The summed E-state index contributed by atoms with van der Waals surface area (Å²) >= 11 is 5.80. The third-order valence-corrected chi connectivity index (χ3v) is 2.25. The Morgan fingerprint density at radius 2 is 2.00 bits per heavy atom. The zero-order chi connectivity index (χ0) is 10.0. The SMILES string of the molecule is CC=Cc1c(O)cc(C)c(Cl)c1O. The molecule has 0 spiro atoms. The fourth-order valence-electron chi connectivity index (χ4n) is 1.10. The van der Waals surface area contributed by atoms with Gasteiger partial charge in [0.05, 0.1) is 10.6 Å². The summed E-state index contributed by atoms with van der Waals surface area (Å²) in [5.74, 6) is -0.0326. The monoisotopic (exact) mass is 198 g/mol. The molecule has 3 heteroatoms. The zero-order valence-electron chi connectivity index (χ0n) is 7.50. The van der Waals surface area contributed by atoms with Crippen molar-refractivity contribution >= 4 is 17.7 Å². The van der Waals surface area contributed by atoms with Crippen LogP contribution in [-0.2, 0) is 0 Å². The van der Waals surface area contributed by atoms with Crippen molar-refractivity contribution in [3.63, 3.8) is 0 Å². The van der Waals surface area contributed by atoms with Gasteiger partial charge < -0.3 is 10.2 Å². The highest BCUT2D eigenvalue weighted by Gasteiger charge is 2.10. The molecule has 0 aliphatic rings. The van der Waals surface area contributed by atoms with Crippen LogP contribution in [0.15, 0.2) is 12.1 Å². The van der Waals surface area contributed by atoms with E-state index in [2.05, 4.69) is 0 Å². The first kappa shape index (κ1) is 9.93. The molecule has 70 valence electrons. The minimum atomic E-state index is -0.0720. The van der Waals surface area contributed by atoms with Gasteiger partial charge in [0.15, 0.2) is 0 Å². The average molecular weight is 199 g/mol. The lowest BCUT2D eigenvalue weighted by Crippen LogP contribution is -1.82.